The highest BCUT2D eigenvalue weighted by Gasteiger charge is 2.35. The summed E-state index contributed by atoms with van der Waals surface area (Å²) >= 11 is 0. The smallest absolute Gasteiger partial charge is 0.260 e. The first-order valence-corrected chi connectivity index (χ1v) is 17.9. The van der Waals surface area contributed by atoms with Crippen molar-refractivity contribution < 1.29 is 33.3 Å². The number of hydrogen-bond acceptors (Lipinski definition) is 9. The summed E-state index contributed by atoms with van der Waals surface area (Å²) in [5.74, 6) is 2.34. The second kappa shape index (κ2) is 14.6. The highest BCUT2D eigenvalue weighted by Crippen LogP contribution is 2.42. The van der Waals surface area contributed by atoms with Crippen LogP contribution in [0.15, 0.2) is 95.2 Å². The highest BCUT2D eigenvalue weighted by molar-refractivity contribution is 6.32. The fourth-order valence-corrected chi connectivity index (χ4v) is 7.14. The second-order valence-corrected chi connectivity index (χ2v) is 13.5. The van der Waals surface area contributed by atoms with E-state index >= 15 is 0 Å². The molecule has 0 fully saturated rings. The molecular weight excluding hydrogens is 683 g/mol. The molecule has 0 aliphatic carbocycles. The number of aliphatic imine (C=N–C) groups is 2. The molecule has 0 N–H and O–H groups in total. The minimum Gasteiger partial charge on any atom is -0.497 e. The van der Waals surface area contributed by atoms with Crippen LogP contribution in [0.5, 0.6) is 28.7 Å². The van der Waals surface area contributed by atoms with E-state index in [9.17, 15) is 9.59 Å². The van der Waals surface area contributed by atoms with Crippen LogP contribution < -0.4 is 29.1 Å². The maximum Gasteiger partial charge on any atom is 0.260 e. The molecule has 0 unspecified atom stereocenters. The van der Waals surface area contributed by atoms with Crippen LogP contribution in [0.4, 0.5) is 11.4 Å². The Kier molecular flexibility index (Phi) is 9.41. The minimum absolute atomic E-state index is 0.135. The number of fused-ring (bicyclic) bond motifs is 4. The van der Waals surface area contributed by atoms with E-state index in [1.54, 1.807) is 55.4 Å². The fraction of sp³-hybridized carbons (Fsp3) is 0.238. The van der Waals surface area contributed by atoms with Gasteiger partial charge in [-0.05, 0) is 46.5 Å². The minimum atomic E-state index is -0.200. The van der Waals surface area contributed by atoms with Gasteiger partial charge in [0.15, 0.2) is 23.0 Å². The maximum absolute atomic E-state index is 13.7. The highest BCUT2D eigenvalue weighted by atomic mass is 16.5. The van der Waals surface area contributed by atoms with E-state index in [2.05, 4.69) is 32.1 Å². The third kappa shape index (κ3) is 6.59. The molecule has 2 atom stereocenters. The summed E-state index contributed by atoms with van der Waals surface area (Å²) in [6, 6.07) is 22.6. The van der Waals surface area contributed by atoms with E-state index in [-0.39, 0.29) is 23.9 Å². The lowest BCUT2D eigenvalue weighted by Gasteiger charge is -2.19. The van der Waals surface area contributed by atoms with Gasteiger partial charge in [0.05, 0.1) is 69.1 Å². The Morgan fingerprint density at radius 2 is 1.09 bits per heavy atom. The summed E-state index contributed by atoms with van der Waals surface area (Å²) in [4.78, 5) is 40.4. The molecule has 4 aromatic carbocycles. The first kappa shape index (κ1) is 34.8. The Labute approximate surface area is 314 Å². The Balaban J connectivity index is 0.909. The van der Waals surface area contributed by atoms with Crippen LogP contribution >= 0.6 is 0 Å². The van der Waals surface area contributed by atoms with Crippen LogP contribution in [0.25, 0.3) is 11.1 Å². The number of benzene rings is 4. The summed E-state index contributed by atoms with van der Waals surface area (Å²) in [5, 5.41) is 0. The van der Waals surface area contributed by atoms with Gasteiger partial charge in [-0.3, -0.25) is 19.6 Å². The second-order valence-electron chi connectivity index (χ2n) is 13.5. The molecule has 12 heteroatoms. The molecule has 4 aliphatic heterocycles. The zero-order valence-electron chi connectivity index (χ0n) is 30.6. The van der Waals surface area contributed by atoms with Gasteiger partial charge in [0.25, 0.3) is 11.8 Å². The van der Waals surface area contributed by atoms with Crippen molar-refractivity contribution in [1.29, 1.82) is 0 Å². The van der Waals surface area contributed by atoms with Crippen molar-refractivity contribution in [3.05, 3.63) is 107 Å². The van der Waals surface area contributed by atoms with Crippen molar-refractivity contribution in [3.63, 3.8) is 0 Å². The number of rotatable bonds is 11. The predicted molar refractivity (Wildman–Crippen MR) is 211 cm³/mol. The van der Waals surface area contributed by atoms with Gasteiger partial charge in [-0.2, -0.15) is 0 Å². The molecule has 4 heterocycles. The van der Waals surface area contributed by atoms with Gasteiger partial charge in [0.2, 0.25) is 0 Å². The van der Waals surface area contributed by atoms with Gasteiger partial charge in [0.1, 0.15) is 13.6 Å². The molecule has 11 nitrogen and oxygen atoms in total. The van der Waals surface area contributed by atoms with Crippen molar-refractivity contribution in [1.82, 2.24) is 9.80 Å². The van der Waals surface area contributed by atoms with Gasteiger partial charge in [-0.15, -0.1) is 0 Å². The number of ether oxygens (including phenoxy) is 5. The Morgan fingerprint density at radius 1 is 0.630 bits per heavy atom. The zero-order chi connectivity index (χ0) is 37.3. The molecule has 4 aliphatic rings. The Morgan fingerprint density at radius 3 is 1.54 bits per heavy atom. The van der Waals surface area contributed by atoms with Crippen molar-refractivity contribution >= 4 is 60.1 Å². The first-order valence-electron chi connectivity index (χ1n) is 17.9. The Hall–Kier alpha value is -6.30. The SMILES string of the molecule is Bc1ccc(C2=CN3C(=O)c4cc(OC)c(OCCCOc5cc6c(cc5OC)C(=O)N5C=C(c7ccc(OC)cc7)C[C@H]5C=N6)cc4N=C[C@@H]3C2)cc1. The molecule has 0 saturated carbocycles. The van der Waals surface area contributed by atoms with E-state index in [0.29, 0.717) is 78.0 Å². The summed E-state index contributed by atoms with van der Waals surface area (Å²) in [5.41, 5.74) is 7.41. The van der Waals surface area contributed by atoms with Gasteiger partial charge >= 0.3 is 0 Å². The standard InChI is InChI=1S/C42H39BN4O7/c1-50-32-11-7-26(8-12-32)28-16-31-22-45-36-20-40(38(52-3)18-34(36)42(49)47(31)24-28)54-14-4-13-53-39-19-35-33(17-37(39)51-2)41(48)46-23-27(15-30(46)21-44-35)25-5-9-29(43)10-6-25/h5-12,17-24,30-31H,4,13-16,43H2,1-3H3/t30-,31-/m0/s1. The number of carbonyl (C=O) groups is 2. The van der Waals surface area contributed by atoms with Crippen LogP contribution in [0, 0.1) is 0 Å². The first-order chi connectivity index (χ1) is 26.3. The third-order valence-electron chi connectivity index (χ3n) is 10.1. The van der Waals surface area contributed by atoms with E-state index < -0.39 is 0 Å². The number of carbonyl (C=O) groups excluding carboxylic acids is 2. The average molecular weight is 723 g/mol. The van der Waals surface area contributed by atoms with E-state index in [4.69, 9.17) is 33.7 Å². The Bertz CT molecular complexity index is 2250. The van der Waals surface area contributed by atoms with Crippen LogP contribution in [-0.2, 0) is 0 Å². The molecule has 2 amide bonds. The van der Waals surface area contributed by atoms with Gasteiger partial charge in [-0.1, -0.05) is 41.9 Å². The van der Waals surface area contributed by atoms with Crippen molar-refractivity contribution in [3.8, 4) is 28.7 Å². The van der Waals surface area contributed by atoms with Crippen LogP contribution in [0.3, 0.4) is 0 Å². The molecule has 0 saturated heterocycles. The quantitative estimate of drug-likeness (QED) is 0.143. The average Bonchev–Trinajstić information content (AvgIpc) is 3.78. The van der Waals surface area contributed by atoms with Crippen molar-refractivity contribution in [2.24, 2.45) is 9.98 Å². The van der Waals surface area contributed by atoms with Gasteiger partial charge in [-0.25, -0.2) is 0 Å². The van der Waals surface area contributed by atoms with Gasteiger partial charge < -0.3 is 33.5 Å². The monoisotopic (exact) mass is 722 g/mol. The number of nitrogens with zero attached hydrogens (tertiary/aromatic N) is 4. The van der Waals surface area contributed by atoms with Crippen molar-refractivity contribution in [2.45, 2.75) is 31.3 Å². The fourth-order valence-electron chi connectivity index (χ4n) is 7.14. The lowest BCUT2D eigenvalue weighted by molar-refractivity contribution is 0.0809. The lowest BCUT2D eigenvalue weighted by atomic mass is 9.93. The summed E-state index contributed by atoms with van der Waals surface area (Å²) < 4.78 is 28.8. The van der Waals surface area contributed by atoms with Gasteiger partial charge in [0, 0.05) is 56.2 Å². The third-order valence-corrected chi connectivity index (χ3v) is 10.1. The molecule has 0 bridgehead atoms. The normalized spacial score (nSPS) is 18.1. The van der Waals surface area contributed by atoms with E-state index in [0.717, 1.165) is 28.0 Å². The lowest BCUT2D eigenvalue weighted by Crippen LogP contribution is -2.32. The van der Waals surface area contributed by atoms with Crippen LogP contribution in [-0.4, -0.2) is 88.5 Å². The summed E-state index contributed by atoms with van der Waals surface area (Å²) in [7, 11) is 6.79. The number of amides is 2. The summed E-state index contributed by atoms with van der Waals surface area (Å²) in [6.07, 6.45) is 9.35. The molecule has 0 aromatic heterocycles. The van der Waals surface area contributed by atoms with Crippen LogP contribution in [0.2, 0.25) is 0 Å². The molecular formula is C42H39BN4O7. The zero-order valence-corrected chi connectivity index (χ0v) is 30.6. The maximum atomic E-state index is 13.7. The topological polar surface area (TPSA) is 111 Å². The van der Waals surface area contributed by atoms with Crippen LogP contribution in [0.1, 0.15) is 51.1 Å². The number of methoxy groups -OCH3 is 3. The molecule has 54 heavy (non-hydrogen) atoms. The van der Waals surface area contributed by atoms with E-state index in [1.165, 1.54) is 5.46 Å². The largest absolute Gasteiger partial charge is 0.497 e. The predicted octanol–water partition coefficient (Wildman–Crippen LogP) is 5.76. The van der Waals surface area contributed by atoms with Crippen molar-refractivity contribution in [2.75, 3.05) is 34.5 Å². The summed E-state index contributed by atoms with van der Waals surface area (Å²) in [6.45, 7) is 0.624. The van der Waals surface area contributed by atoms with E-state index in [1.807, 2.05) is 49.1 Å². The molecule has 4 aromatic rings. The molecule has 0 spiro atoms. The number of hydrogen-bond donors (Lipinski definition) is 0. The molecule has 272 valence electrons. The molecule has 0 radical (unpaired) electrons. The molecule has 8 rings (SSSR count).